The highest BCUT2D eigenvalue weighted by Crippen LogP contribution is 2.28. The molecular formula is C15H19N3O3. The summed E-state index contributed by atoms with van der Waals surface area (Å²) >= 11 is 0. The van der Waals surface area contributed by atoms with Gasteiger partial charge in [-0.25, -0.2) is 0 Å². The number of benzene rings is 1. The van der Waals surface area contributed by atoms with Gasteiger partial charge in [0, 0.05) is 12.6 Å². The van der Waals surface area contributed by atoms with E-state index in [1.165, 1.54) is 44.2 Å². The van der Waals surface area contributed by atoms with E-state index in [0.29, 0.717) is 17.1 Å². The topological polar surface area (TPSA) is 81.2 Å². The summed E-state index contributed by atoms with van der Waals surface area (Å²) in [6.45, 7) is 0.825. The van der Waals surface area contributed by atoms with Crippen LogP contribution in [0.5, 0.6) is 0 Å². The monoisotopic (exact) mass is 289 g/mol. The van der Waals surface area contributed by atoms with Crippen LogP contribution in [-0.4, -0.2) is 16.5 Å². The summed E-state index contributed by atoms with van der Waals surface area (Å²) in [5.41, 5.74) is 1.10. The Morgan fingerprint density at radius 2 is 2.19 bits per heavy atom. The van der Waals surface area contributed by atoms with Crippen molar-refractivity contribution >= 4 is 22.8 Å². The van der Waals surface area contributed by atoms with E-state index >= 15 is 0 Å². The predicted molar refractivity (Wildman–Crippen MR) is 80.3 cm³/mol. The molecule has 0 saturated heterocycles. The number of fused-ring (bicyclic) bond motifs is 1. The van der Waals surface area contributed by atoms with E-state index in [0.717, 1.165) is 18.9 Å². The second-order valence-corrected chi connectivity index (χ2v) is 5.65. The predicted octanol–water partition coefficient (Wildman–Crippen LogP) is 4.12. The quantitative estimate of drug-likeness (QED) is 0.491. The molecule has 1 N–H and O–H groups in total. The third-order valence-electron chi connectivity index (χ3n) is 4.12. The standard InChI is InChI=1S/C15H19N3O3/c19-18(20)12-7-8-13-14(10-12)21-15(17-13)16-9-3-6-11-4-1-2-5-11/h7-8,10-11H,1-6,9H2,(H,16,17). The van der Waals surface area contributed by atoms with E-state index in [2.05, 4.69) is 10.3 Å². The lowest BCUT2D eigenvalue weighted by Crippen LogP contribution is -2.04. The Hall–Kier alpha value is -2.11. The average Bonchev–Trinajstić information content (AvgIpc) is 3.11. The Morgan fingerprint density at radius 1 is 1.38 bits per heavy atom. The summed E-state index contributed by atoms with van der Waals surface area (Å²) < 4.78 is 5.50. The Bertz CT molecular complexity index is 632. The second kappa shape index (κ2) is 6.11. The fourth-order valence-corrected chi connectivity index (χ4v) is 2.99. The molecule has 1 saturated carbocycles. The average molecular weight is 289 g/mol. The highest BCUT2D eigenvalue weighted by molar-refractivity contribution is 5.77. The van der Waals surface area contributed by atoms with Crippen molar-refractivity contribution in [1.29, 1.82) is 0 Å². The molecule has 0 spiro atoms. The molecule has 0 amide bonds. The Labute approximate surface area is 122 Å². The van der Waals surface area contributed by atoms with Crippen LogP contribution in [0.25, 0.3) is 11.1 Å². The van der Waals surface area contributed by atoms with Gasteiger partial charge in [-0.05, 0) is 24.8 Å². The van der Waals surface area contributed by atoms with Gasteiger partial charge in [0.25, 0.3) is 11.7 Å². The fourth-order valence-electron chi connectivity index (χ4n) is 2.99. The maximum Gasteiger partial charge on any atom is 0.295 e. The number of aromatic nitrogens is 1. The molecule has 6 heteroatoms. The molecular weight excluding hydrogens is 270 g/mol. The molecule has 1 aromatic carbocycles. The van der Waals surface area contributed by atoms with Gasteiger partial charge in [0.1, 0.15) is 5.52 Å². The maximum absolute atomic E-state index is 10.7. The van der Waals surface area contributed by atoms with E-state index in [1.54, 1.807) is 6.07 Å². The molecule has 0 radical (unpaired) electrons. The molecule has 1 aliphatic rings. The van der Waals surface area contributed by atoms with Crippen molar-refractivity contribution in [3.63, 3.8) is 0 Å². The molecule has 2 aromatic rings. The zero-order valence-electron chi connectivity index (χ0n) is 11.9. The molecule has 3 rings (SSSR count). The van der Waals surface area contributed by atoms with Crippen molar-refractivity contribution in [3.8, 4) is 0 Å². The summed E-state index contributed by atoms with van der Waals surface area (Å²) in [4.78, 5) is 14.6. The van der Waals surface area contributed by atoms with Gasteiger partial charge in [-0.3, -0.25) is 10.1 Å². The summed E-state index contributed by atoms with van der Waals surface area (Å²) in [5.74, 6) is 0.887. The lowest BCUT2D eigenvalue weighted by Gasteiger charge is -2.07. The molecule has 0 bridgehead atoms. The number of nitrogens with zero attached hydrogens (tertiary/aromatic N) is 2. The van der Waals surface area contributed by atoms with Crippen LogP contribution in [0.15, 0.2) is 22.6 Å². The highest BCUT2D eigenvalue weighted by atomic mass is 16.6. The van der Waals surface area contributed by atoms with E-state index in [9.17, 15) is 10.1 Å². The summed E-state index contributed by atoms with van der Waals surface area (Å²) in [7, 11) is 0. The summed E-state index contributed by atoms with van der Waals surface area (Å²) in [5, 5.41) is 13.9. The van der Waals surface area contributed by atoms with Gasteiger partial charge in [-0.1, -0.05) is 25.7 Å². The van der Waals surface area contributed by atoms with Crippen molar-refractivity contribution in [3.05, 3.63) is 28.3 Å². The first-order valence-electron chi connectivity index (χ1n) is 7.51. The summed E-state index contributed by atoms with van der Waals surface area (Å²) in [6.07, 6.45) is 7.84. The molecule has 0 atom stereocenters. The van der Waals surface area contributed by atoms with E-state index in [4.69, 9.17) is 4.42 Å². The molecule has 1 aromatic heterocycles. The molecule has 112 valence electrons. The van der Waals surface area contributed by atoms with Crippen LogP contribution >= 0.6 is 0 Å². The minimum absolute atomic E-state index is 0.0198. The first-order chi connectivity index (χ1) is 10.2. The zero-order chi connectivity index (χ0) is 14.7. The first-order valence-corrected chi connectivity index (χ1v) is 7.51. The second-order valence-electron chi connectivity index (χ2n) is 5.65. The van der Waals surface area contributed by atoms with Gasteiger partial charge in [-0.2, -0.15) is 4.98 Å². The number of oxazole rings is 1. The van der Waals surface area contributed by atoms with Crippen LogP contribution in [0.1, 0.15) is 38.5 Å². The van der Waals surface area contributed by atoms with Crippen molar-refractivity contribution in [1.82, 2.24) is 4.98 Å². The fraction of sp³-hybridized carbons (Fsp3) is 0.533. The largest absolute Gasteiger partial charge is 0.423 e. The third kappa shape index (κ3) is 3.32. The van der Waals surface area contributed by atoms with Crippen molar-refractivity contribution in [2.75, 3.05) is 11.9 Å². The van der Waals surface area contributed by atoms with Gasteiger partial charge < -0.3 is 9.73 Å². The zero-order valence-corrected chi connectivity index (χ0v) is 11.9. The smallest absolute Gasteiger partial charge is 0.295 e. The number of rotatable bonds is 6. The van der Waals surface area contributed by atoms with Crippen LogP contribution in [0, 0.1) is 16.0 Å². The number of non-ortho nitro benzene ring substituents is 1. The normalized spacial score (nSPS) is 15.6. The molecule has 21 heavy (non-hydrogen) atoms. The van der Waals surface area contributed by atoms with E-state index in [-0.39, 0.29) is 5.69 Å². The number of hydrogen-bond acceptors (Lipinski definition) is 5. The number of anilines is 1. The van der Waals surface area contributed by atoms with E-state index in [1.807, 2.05) is 0 Å². The number of nitrogens with one attached hydrogen (secondary N) is 1. The third-order valence-corrected chi connectivity index (χ3v) is 4.12. The summed E-state index contributed by atoms with van der Waals surface area (Å²) in [6, 6.07) is 4.90. The SMILES string of the molecule is O=[N+]([O-])c1ccc2nc(NCCCC3CCCC3)oc2c1. The van der Waals surface area contributed by atoms with Crippen molar-refractivity contribution < 1.29 is 9.34 Å². The molecule has 1 fully saturated rings. The van der Waals surface area contributed by atoms with Gasteiger partial charge in [0.2, 0.25) is 0 Å². The molecule has 1 aliphatic carbocycles. The van der Waals surface area contributed by atoms with Crippen LogP contribution in [0.4, 0.5) is 11.7 Å². The van der Waals surface area contributed by atoms with Crippen molar-refractivity contribution in [2.24, 2.45) is 5.92 Å². The Morgan fingerprint density at radius 3 is 2.95 bits per heavy atom. The molecule has 6 nitrogen and oxygen atoms in total. The van der Waals surface area contributed by atoms with Gasteiger partial charge in [0.15, 0.2) is 5.58 Å². The van der Waals surface area contributed by atoms with Crippen LogP contribution < -0.4 is 5.32 Å². The number of hydrogen-bond donors (Lipinski definition) is 1. The number of nitro benzene ring substituents is 1. The van der Waals surface area contributed by atoms with Crippen LogP contribution in [0.3, 0.4) is 0 Å². The first kappa shape index (κ1) is 13.9. The van der Waals surface area contributed by atoms with Gasteiger partial charge in [-0.15, -0.1) is 0 Å². The van der Waals surface area contributed by atoms with Crippen molar-refractivity contribution in [2.45, 2.75) is 38.5 Å². The Balaban J connectivity index is 1.55. The lowest BCUT2D eigenvalue weighted by atomic mass is 10.0. The van der Waals surface area contributed by atoms with Crippen LogP contribution in [-0.2, 0) is 0 Å². The van der Waals surface area contributed by atoms with E-state index < -0.39 is 4.92 Å². The molecule has 0 unspecified atom stereocenters. The lowest BCUT2D eigenvalue weighted by molar-refractivity contribution is -0.384. The van der Waals surface area contributed by atoms with Crippen LogP contribution in [0.2, 0.25) is 0 Å². The maximum atomic E-state index is 10.7. The highest BCUT2D eigenvalue weighted by Gasteiger charge is 2.14. The number of nitro groups is 1. The van der Waals surface area contributed by atoms with Gasteiger partial charge in [0.05, 0.1) is 11.0 Å². The molecule has 1 heterocycles. The molecule has 0 aliphatic heterocycles. The Kier molecular flexibility index (Phi) is 4.03. The van der Waals surface area contributed by atoms with Gasteiger partial charge >= 0.3 is 0 Å². The minimum atomic E-state index is -0.434. The minimum Gasteiger partial charge on any atom is -0.423 e.